The molecule has 0 aliphatic heterocycles. The van der Waals surface area contributed by atoms with Crippen LogP contribution in [0.15, 0.2) is 170 Å². The number of quaternary nitrogens is 1. The minimum absolute atomic E-state index is 0.174. The molecule has 9 heteroatoms. The lowest BCUT2D eigenvalue weighted by Gasteiger charge is -2.25. The number of allylic oxidation sites excluding steroid dienone is 28. The average molecular weight is 1230 g/mol. The number of esters is 2. The minimum Gasteiger partial charge on any atom is -0.477 e. The highest BCUT2D eigenvalue weighted by Crippen LogP contribution is 2.15. The second-order valence-electron chi connectivity index (χ2n) is 24.1. The molecule has 0 heterocycles. The maximum Gasteiger partial charge on any atom is 0.361 e. The van der Waals surface area contributed by atoms with Crippen molar-refractivity contribution in [2.24, 2.45) is 0 Å². The quantitative estimate of drug-likeness (QED) is 0.0211. The molecule has 2 atom stereocenters. The van der Waals surface area contributed by atoms with Crippen LogP contribution in [-0.4, -0.2) is 87.4 Å². The third-order valence-electron chi connectivity index (χ3n) is 14.5. The Morgan fingerprint density at radius 2 is 0.640 bits per heavy atom. The van der Waals surface area contributed by atoms with Crippen LogP contribution in [0.2, 0.25) is 0 Å². The standard InChI is InChI=1S/C80H129NO8/c1-6-8-10-12-14-16-18-20-22-24-26-28-30-32-33-34-35-36-37-38-39-40-41-42-43-44-45-47-49-51-53-55-57-59-61-63-65-67-69-71-78(83)89-76(75-88-80(79(84)85)86-73-72-81(3,4)5)74-87-77(82)70-68-66-64-62-60-58-56-54-52-50-48-46-31-29-27-25-23-21-19-17-15-13-11-9-7-2/h8,10,14,16,19-22,25-28,31-33,35-36,38-39,41-42,44-46,49,51,55,57,76,80H,6-7,9,11-13,15,17-18,23-24,29-30,34,37,40,43,47-48,50,52-54,56,58-75H2,1-5H3/p+1/b10-8-,16-14-,21-19-,22-20-,27-25-,28-26-,33-32-,36-35-,39-38-,42-41-,45-44-,46-31-,51-49-,57-55-. The number of hydrogen-bond donors (Lipinski definition) is 1. The topological polar surface area (TPSA) is 108 Å². The summed E-state index contributed by atoms with van der Waals surface area (Å²) in [4.78, 5) is 37.6. The molecule has 0 aliphatic rings. The zero-order valence-electron chi connectivity index (χ0n) is 57.3. The lowest BCUT2D eigenvalue weighted by molar-refractivity contribution is -0.870. The van der Waals surface area contributed by atoms with Gasteiger partial charge in [-0.3, -0.25) is 9.59 Å². The third-order valence-corrected chi connectivity index (χ3v) is 14.5. The highest BCUT2D eigenvalue weighted by molar-refractivity contribution is 5.71. The molecule has 0 aliphatic carbocycles. The number of ether oxygens (including phenoxy) is 4. The van der Waals surface area contributed by atoms with Crippen molar-refractivity contribution in [2.75, 3.05) is 47.5 Å². The first-order valence-corrected chi connectivity index (χ1v) is 35.3. The smallest absolute Gasteiger partial charge is 0.361 e. The fourth-order valence-electron chi connectivity index (χ4n) is 9.08. The van der Waals surface area contributed by atoms with Crippen LogP contribution in [-0.2, 0) is 33.3 Å². The van der Waals surface area contributed by atoms with Gasteiger partial charge in [0.05, 0.1) is 34.4 Å². The fraction of sp³-hybridized carbons (Fsp3) is 0.613. The molecule has 0 bridgehead atoms. The molecule has 9 nitrogen and oxygen atoms in total. The summed E-state index contributed by atoms with van der Waals surface area (Å²) in [5.41, 5.74) is 0. The first-order valence-electron chi connectivity index (χ1n) is 35.3. The van der Waals surface area contributed by atoms with E-state index in [4.69, 9.17) is 18.9 Å². The van der Waals surface area contributed by atoms with Crippen molar-refractivity contribution in [3.05, 3.63) is 170 Å². The summed E-state index contributed by atoms with van der Waals surface area (Å²) < 4.78 is 22.9. The van der Waals surface area contributed by atoms with Crippen molar-refractivity contribution >= 4 is 17.9 Å². The van der Waals surface area contributed by atoms with Crippen LogP contribution >= 0.6 is 0 Å². The van der Waals surface area contributed by atoms with Crippen molar-refractivity contribution in [3.63, 3.8) is 0 Å². The number of aliphatic carboxylic acids is 1. The van der Waals surface area contributed by atoms with Crippen molar-refractivity contribution in [1.29, 1.82) is 0 Å². The molecule has 0 saturated carbocycles. The van der Waals surface area contributed by atoms with Crippen LogP contribution < -0.4 is 0 Å². The van der Waals surface area contributed by atoms with Crippen molar-refractivity contribution in [3.8, 4) is 0 Å². The molecular formula is C80H130NO8+. The second-order valence-corrected chi connectivity index (χ2v) is 24.1. The largest absolute Gasteiger partial charge is 0.477 e. The molecule has 0 saturated heterocycles. The van der Waals surface area contributed by atoms with Gasteiger partial charge in [0.2, 0.25) is 0 Å². The number of hydrogen-bond acceptors (Lipinski definition) is 7. The van der Waals surface area contributed by atoms with Crippen LogP contribution in [0.25, 0.3) is 0 Å². The molecule has 0 rings (SSSR count). The van der Waals surface area contributed by atoms with Gasteiger partial charge in [0.1, 0.15) is 13.2 Å². The van der Waals surface area contributed by atoms with E-state index in [0.29, 0.717) is 17.4 Å². The monoisotopic (exact) mass is 1230 g/mol. The zero-order chi connectivity index (χ0) is 64.7. The summed E-state index contributed by atoms with van der Waals surface area (Å²) >= 11 is 0. The Hall–Kier alpha value is -5.35. The van der Waals surface area contributed by atoms with Crippen molar-refractivity contribution in [1.82, 2.24) is 0 Å². The summed E-state index contributed by atoms with van der Waals surface area (Å²) in [5, 5.41) is 9.75. The number of carbonyl (C=O) groups excluding carboxylic acids is 2. The van der Waals surface area contributed by atoms with E-state index < -0.39 is 24.3 Å². The Bertz CT molecular complexity index is 2070. The first-order chi connectivity index (χ1) is 43.6. The first kappa shape index (κ1) is 83.7. The van der Waals surface area contributed by atoms with Crippen molar-refractivity contribution in [2.45, 2.75) is 270 Å². The van der Waals surface area contributed by atoms with Gasteiger partial charge in [-0.2, -0.15) is 0 Å². The average Bonchev–Trinajstić information content (AvgIpc) is 3.64. The summed E-state index contributed by atoms with van der Waals surface area (Å²) in [6.45, 7) is 4.71. The number of carboxylic acids is 1. The Balaban J connectivity index is 4.25. The van der Waals surface area contributed by atoms with E-state index in [1.54, 1.807) is 0 Å². The molecule has 0 radical (unpaired) electrons. The molecular weight excluding hydrogens is 1100 g/mol. The molecule has 0 aromatic carbocycles. The summed E-state index contributed by atoms with van der Waals surface area (Å²) in [6, 6.07) is 0. The van der Waals surface area contributed by atoms with Gasteiger partial charge in [-0.15, -0.1) is 0 Å². The number of rotatable bonds is 63. The Morgan fingerprint density at radius 3 is 0.955 bits per heavy atom. The van der Waals surface area contributed by atoms with Crippen LogP contribution in [0.3, 0.4) is 0 Å². The molecule has 0 fully saturated rings. The molecule has 89 heavy (non-hydrogen) atoms. The number of carbonyl (C=O) groups is 3. The molecule has 1 N–H and O–H groups in total. The normalized spacial score (nSPS) is 13.8. The summed E-state index contributed by atoms with van der Waals surface area (Å²) in [5.74, 6) is -2.05. The van der Waals surface area contributed by atoms with Crippen LogP contribution in [0.4, 0.5) is 0 Å². The molecule has 502 valence electrons. The fourth-order valence-corrected chi connectivity index (χ4v) is 9.08. The van der Waals surface area contributed by atoms with E-state index in [2.05, 4.69) is 184 Å². The predicted octanol–water partition coefficient (Wildman–Crippen LogP) is 22.2. The minimum atomic E-state index is -1.53. The SMILES string of the molecule is CC/C=C\C/C=C\C/C=C\C/C=C\C/C=C\C/C=C\C/C=C\C/C=C\C/C=C\C/C=C\C/C=C\CCCCCCCC(=O)OC(COC(=O)CCCCCCCCCCCC/C=C\C/C=C\C/C=C\CCCCCCC)COC(OCC[N+](C)(C)C)C(=O)O. The lowest BCUT2D eigenvalue weighted by Crippen LogP contribution is -2.40. The highest BCUT2D eigenvalue weighted by atomic mass is 16.7. The van der Waals surface area contributed by atoms with E-state index in [1.807, 2.05) is 21.1 Å². The summed E-state index contributed by atoms with van der Waals surface area (Å²) in [6.07, 6.45) is 100. The lowest BCUT2D eigenvalue weighted by atomic mass is 10.1. The summed E-state index contributed by atoms with van der Waals surface area (Å²) in [7, 11) is 5.96. The van der Waals surface area contributed by atoms with E-state index in [9.17, 15) is 19.5 Å². The van der Waals surface area contributed by atoms with Crippen LogP contribution in [0, 0.1) is 0 Å². The van der Waals surface area contributed by atoms with E-state index in [1.165, 1.54) is 83.5 Å². The third kappa shape index (κ3) is 70.0. The van der Waals surface area contributed by atoms with E-state index in [0.717, 1.165) is 141 Å². The molecule has 0 amide bonds. The van der Waals surface area contributed by atoms with Gasteiger partial charge >= 0.3 is 17.9 Å². The second kappa shape index (κ2) is 68.6. The maximum absolute atomic E-state index is 12.9. The van der Waals surface area contributed by atoms with Gasteiger partial charge in [0.25, 0.3) is 6.29 Å². The number of nitrogens with zero attached hydrogens (tertiary/aromatic N) is 1. The van der Waals surface area contributed by atoms with Crippen LogP contribution in [0.5, 0.6) is 0 Å². The van der Waals surface area contributed by atoms with E-state index >= 15 is 0 Å². The van der Waals surface area contributed by atoms with E-state index in [-0.39, 0.29) is 38.6 Å². The van der Waals surface area contributed by atoms with Gasteiger partial charge in [-0.25, -0.2) is 4.79 Å². The number of unbranched alkanes of at least 4 members (excludes halogenated alkanes) is 20. The molecule has 2 unspecified atom stereocenters. The van der Waals surface area contributed by atoms with Gasteiger partial charge in [0, 0.05) is 12.8 Å². The maximum atomic E-state index is 12.9. The van der Waals surface area contributed by atoms with Gasteiger partial charge < -0.3 is 28.5 Å². The van der Waals surface area contributed by atoms with Gasteiger partial charge in [-0.05, 0) is 135 Å². The molecule has 0 aromatic rings. The molecule has 0 spiro atoms. The zero-order valence-corrected chi connectivity index (χ0v) is 57.3. The van der Waals surface area contributed by atoms with Gasteiger partial charge in [0.15, 0.2) is 6.10 Å². The predicted molar refractivity (Wildman–Crippen MR) is 382 cm³/mol. The highest BCUT2D eigenvalue weighted by Gasteiger charge is 2.25. The Labute approximate surface area is 546 Å². The van der Waals surface area contributed by atoms with Gasteiger partial charge in [-0.1, -0.05) is 280 Å². The van der Waals surface area contributed by atoms with Crippen LogP contribution in [0.1, 0.15) is 258 Å². The Kier molecular flexibility index (Phi) is 64.4. The molecule has 0 aromatic heterocycles. The number of carboxylic acid groups (broad SMARTS) is 1. The van der Waals surface area contributed by atoms with Crippen molar-refractivity contribution < 1.29 is 42.9 Å². The number of likely N-dealkylation sites (N-methyl/N-ethyl adjacent to an activating group) is 1. The Morgan fingerprint density at radius 1 is 0.348 bits per heavy atom.